The second-order valence-electron chi connectivity index (χ2n) is 4.51. The molecule has 1 atom stereocenters. The molecule has 0 spiro atoms. The van der Waals surface area contributed by atoms with Crippen LogP contribution in [0.1, 0.15) is 19.8 Å². The molecule has 5 nitrogen and oxygen atoms in total. The van der Waals surface area contributed by atoms with Gasteiger partial charge in [0.05, 0.1) is 12.7 Å². The van der Waals surface area contributed by atoms with E-state index >= 15 is 0 Å². The van der Waals surface area contributed by atoms with Crippen molar-refractivity contribution in [2.45, 2.75) is 30.8 Å². The Balaban J connectivity index is 2.16. The highest BCUT2D eigenvalue weighted by Crippen LogP contribution is 2.27. The Kier molecular flexibility index (Phi) is 5.26. The first kappa shape index (κ1) is 15.6. The van der Waals surface area contributed by atoms with Crippen molar-refractivity contribution in [1.82, 2.24) is 4.72 Å². The molecule has 0 aromatic heterocycles. The van der Waals surface area contributed by atoms with Crippen LogP contribution >= 0.6 is 11.6 Å². The second kappa shape index (κ2) is 6.76. The fourth-order valence-corrected chi connectivity index (χ4v) is 3.52. The zero-order valence-corrected chi connectivity index (χ0v) is 12.8. The Bertz CT molecular complexity index is 555. The number of sulfonamides is 1. The summed E-state index contributed by atoms with van der Waals surface area (Å²) in [7, 11) is -3.66. The molecule has 0 radical (unpaired) electrons. The molecule has 1 N–H and O–H groups in total. The molecule has 0 bridgehead atoms. The molecule has 20 heavy (non-hydrogen) atoms. The number of ether oxygens (including phenoxy) is 2. The molecule has 0 amide bonds. The van der Waals surface area contributed by atoms with Crippen LogP contribution in [0, 0.1) is 0 Å². The van der Waals surface area contributed by atoms with Crippen LogP contribution in [0.5, 0.6) is 5.75 Å². The van der Waals surface area contributed by atoms with E-state index < -0.39 is 10.0 Å². The normalized spacial score (nSPS) is 19.2. The zero-order valence-electron chi connectivity index (χ0n) is 11.3. The van der Waals surface area contributed by atoms with Gasteiger partial charge in [-0.3, -0.25) is 0 Å². The van der Waals surface area contributed by atoms with Gasteiger partial charge in [0.15, 0.2) is 0 Å². The van der Waals surface area contributed by atoms with Crippen LogP contribution in [0.2, 0.25) is 5.02 Å². The number of rotatable bonds is 6. The maximum Gasteiger partial charge on any atom is 0.244 e. The van der Waals surface area contributed by atoms with Gasteiger partial charge in [0, 0.05) is 18.2 Å². The monoisotopic (exact) mass is 319 g/mol. The molecule has 7 heteroatoms. The maximum absolute atomic E-state index is 12.3. The van der Waals surface area contributed by atoms with E-state index in [1.54, 1.807) is 19.1 Å². The summed E-state index contributed by atoms with van der Waals surface area (Å²) in [5.41, 5.74) is 0. The largest absolute Gasteiger partial charge is 0.492 e. The average molecular weight is 320 g/mol. The third-order valence-corrected chi connectivity index (χ3v) is 4.70. The Labute approximate surface area is 124 Å². The number of benzene rings is 1. The predicted molar refractivity (Wildman–Crippen MR) is 76.8 cm³/mol. The lowest BCUT2D eigenvalue weighted by Crippen LogP contribution is -2.32. The lowest BCUT2D eigenvalue weighted by molar-refractivity contribution is 0.114. The average Bonchev–Trinajstić information content (AvgIpc) is 2.92. The molecule has 1 aliphatic heterocycles. The maximum atomic E-state index is 12.3. The summed E-state index contributed by atoms with van der Waals surface area (Å²) in [6, 6.07) is 4.56. The van der Waals surface area contributed by atoms with Crippen molar-refractivity contribution in [3.8, 4) is 5.75 Å². The number of hydrogen-bond donors (Lipinski definition) is 1. The van der Waals surface area contributed by atoms with Crippen LogP contribution in [-0.2, 0) is 14.8 Å². The summed E-state index contributed by atoms with van der Waals surface area (Å²) in [5, 5.41) is 0.353. The SMILES string of the molecule is CCOc1ccc(Cl)cc1S(=O)(=O)NC[C@H]1CCCO1. The van der Waals surface area contributed by atoms with Crippen molar-refractivity contribution in [1.29, 1.82) is 0 Å². The number of nitrogens with one attached hydrogen (secondary N) is 1. The first-order valence-electron chi connectivity index (χ1n) is 6.56. The van der Waals surface area contributed by atoms with Crippen molar-refractivity contribution in [3.63, 3.8) is 0 Å². The van der Waals surface area contributed by atoms with Crippen LogP contribution in [-0.4, -0.2) is 34.3 Å². The van der Waals surface area contributed by atoms with Gasteiger partial charge in [-0.15, -0.1) is 0 Å². The Morgan fingerprint density at radius 2 is 2.30 bits per heavy atom. The minimum Gasteiger partial charge on any atom is -0.492 e. The highest BCUT2D eigenvalue weighted by molar-refractivity contribution is 7.89. The molecule has 1 fully saturated rings. The van der Waals surface area contributed by atoms with E-state index in [4.69, 9.17) is 21.1 Å². The second-order valence-corrected chi connectivity index (χ2v) is 6.68. The van der Waals surface area contributed by atoms with E-state index in [0.29, 0.717) is 24.0 Å². The van der Waals surface area contributed by atoms with Crippen molar-refractivity contribution in [3.05, 3.63) is 23.2 Å². The van der Waals surface area contributed by atoms with Gasteiger partial charge in [0.2, 0.25) is 10.0 Å². The summed E-state index contributed by atoms with van der Waals surface area (Å²) in [5.74, 6) is 0.303. The Hall–Kier alpha value is -0.820. The van der Waals surface area contributed by atoms with Crippen LogP contribution in [0.3, 0.4) is 0 Å². The summed E-state index contributed by atoms with van der Waals surface area (Å²) in [4.78, 5) is 0.0600. The summed E-state index contributed by atoms with van der Waals surface area (Å²) in [6.45, 7) is 3.13. The minimum atomic E-state index is -3.66. The van der Waals surface area contributed by atoms with Gasteiger partial charge < -0.3 is 9.47 Å². The summed E-state index contributed by atoms with van der Waals surface area (Å²) < 4.78 is 38.0. The van der Waals surface area contributed by atoms with Gasteiger partial charge in [0.25, 0.3) is 0 Å². The van der Waals surface area contributed by atoms with E-state index in [2.05, 4.69) is 4.72 Å². The van der Waals surface area contributed by atoms with E-state index in [1.807, 2.05) is 0 Å². The smallest absolute Gasteiger partial charge is 0.244 e. The lowest BCUT2D eigenvalue weighted by atomic mass is 10.2. The third kappa shape index (κ3) is 3.85. The van der Waals surface area contributed by atoms with E-state index in [9.17, 15) is 8.42 Å². The van der Waals surface area contributed by atoms with Crippen molar-refractivity contribution in [2.24, 2.45) is 0 Å². The fourth-order valence-electron chi connectivity index (χ4n) is 2.05. The molecular weight excluding hydrogens is 302 g/mol. The third-order valence-electron chi connectivity index (χ3n) is 3.02. The molecule has 1 heterocycles. The van der Waals surface area contributed by atoms with Crippen LogP contribution in [0.15, 0.2) is 23.1 Å². The summed E-state index contributed by atoms with van der Waals surface area (Å²) in [6.07, 6.45) is 1.78. The van der Waals surface area contributed by atoms with Crippen molar-refractivity contribution < 1.29 is 17.9 Å². The van der Waals surface area contributed by atoms with E-state index in [-0.39, 0.29) is 17.5 Å². The molecule has 1 aromatic rings. The highest BCUT2D eigenvalue weighted by Gasteiger charge is 2.23. The highest BCUT2D eigenvalue weighted by atomic mass is 35.5. The summed E-state index contributed by atoms with van der Waals surface area (Å²) >= 11 is 5.88. The van der Waals surface area contributed by atoms with Gasteiger partial charge >= 0.3 is 0 Å². The lowest BCUT2D eigenvalue weighted by Gasteiger charge is -2.14. The molecular formula is C13H18ClNO4S. The van der Waals surface area contributed by atoms with Crippen LogP contribution in [0.4, 0.5) is 0 Å². The molecule has 0 aliphatic carbocycles. The van der Waals surface area contributed by atoms with Crippen LogP contribution in [0.25, 0.3) is 0 Å². The molecule has 0 saturated carbocycles. The van der Waals surface area contributed by atoms with Gasteiger partial charge in [-0.1, -0.05) is 11.6 Å². The Morgan fingerprint density at radius 3 is 2.95 bits per heavy atom. The van der Waals surface area contributed by atoms with Gasteiger partial charge in [-0.25, -0.2) is 13.1 Å². The topological polar surface area (TPSA) is 64.6 Å². The van der Waals surface area contributed by atoms with Crippen molar-refractivity contribution in [2.75, 3.05) is 19.8 Å². The van der Waals surface area contributed by atoms with Gasteiger partial charge in [-0.05, 0) is 38.0 Å². The van der Waals surface area contributed by atoms with Crippen LogP contribution < -0.4 is 9.46 Å². The zero-order chi connectivity index (χ0) is 14.6. The first-order chi connectivity index (χ1) is 9.53. The first-order valence-corrected chi connectivity index (χ1v) is 8.42. The van der Waals surface area contributed by atoms with Crippen molar-refractivity contribution >= 4 is 21.6 Å². The van der Waals surface area contributed by atoms with E-state index in [0.717, 1.165) is 12.8 Å². The van der Waals surface area contributed by atoms with E-state index in [1.165, 1.54) is 6.07 Å². The van der Waals surface area contributed by atoms with Gasteiger partial charge in [0.1, 0.15) is 10.6 Å². The quantitative estimate of drug-likeness (QED) is 0.873. The van der Waals surface area contributed by atoms with Gasteiger partial charge in [-0.2, -0.15) is 0 Å². The number of halogens is 1. The molecule has 1 aliphatic rings. The fraction of sp³-hybridized carbons (Fsp3) is 0.538. The molecule has 1 saturated heterocycles. The molecule has 1 aromatic carbocycles. The molecule has 0 unspecified atom stereocenters. The predicted octanol–water partition coefficient (Wildman–Crippen LogP) is 2.20. The minimum absolute atomic E-state index is 0.0560. The molecule has 2 rings (SSSR count). The Morgan fingerprint density at radius 1 is 1.50 bits per heavy atom. The molecule has 112 valence electrons. The number of hydrogen-bond acceptors (Lipinski definition) is 4. The standard InChI is InChI=1S/C13H18ClNO4S/c1-2-18-12-6-5-10(14)8-13(12)20(16,17)15-9-11-4-3-7-19-11/h5-6,8,11,15H,2-4,7,9H2,1H3/t11-/m1/s1.